The molecule has 0 aliphatic heterocycles. The Morgan fingerprint density at radius 3 is 2.88 bits per heavy atom. The van der Waals surface area contributed by atoms with Crippen molar-refractivity contribution in [3.63, 3.8) is 0 Å². The zero-order valence-corrected chi connectivity index (χ0v) is 9.77. The number of ether oxygens (including phenoxy) is 1. The standard InChI is InChI=1S/C11H16N4O/c1-7(4-12)8-5-13-11-9(10(8)16-3)6-14-15(11)2/h5-7H,4,12H2,1-3H3. The predicted molar refractivity (Wildman–Crippen MR) is 62.5 cm³/mol. The highest BCUT2D eigenvalue weighted by molar-refractivity contribution is 5.83. The molecule has 2 N–H and O–H groups in total. The number of aryl methyl sites for hydroxylation is 1. The van der Waals surface area contributed by atoms with E-state index >= 15 is 0 Å². The van der Waals surface area contributed by atoms with Crippen molar-refractivity contribution in [1.29, 1.82) is 0 Å². The molecule has 0 saturated heterocycles. The van der Waals surface area contributed by atoms with Crippen molar-refractivity contribution in [2.45, 2.75) is 12.8 Å². The van der Waals surface area contributed by atoms with Crippen molar-refractivity contribution in [3.8, 4) is 5.75 Å². The lowest BCUT2D eigenvalue weighted by atomic mass is 10.0. The predicted octanol–water partition coefficient (Wildman–Crippen LogP) is 1.04. The fourth-order valence-electron chi connectivity index (χ4n) is 1.79. The molecule has 0 saturated carbocycles. The topological polar surface area (TPSA) is 66.0 Å². The monoisotopic (exact) mass is 220 g/mol. The zero-order chi connectivity index (χ0) is 11.7. The second kappa shape index (κ2) is 4.09. The number of rotatable bonds is 3. The molecule has 1 atom stereocenters. The van der Waals surface area contributed by atoms with E-state index in [9.17, 15) is 0 Å². The van der Waals surface area contributed by atoms with E-state index in [4.69, 9.17) is 10.5 Å². The largest absolute Gasteiger partial charge is 0.496 e. The van der Waals surface area contributed by atoms with Gasteiger partial charge in [-0.1, -0.05) is 6.92 Å². The molecule has 5 nitrogen and oxygen atoms in total. The Morgan fingerprint density at radius 2 is 2.25 bits per heavy atom. The van der Waals surface area contributed by atoms with Crippen LogP contribution < -0.4 is 10.5 Å². The summed E-state index contributed by atoms with van der Waals surface area (Å²) < 4.78 is 7.18. The number of hydrogen-bond acceptors (Lipinski definition) is 4. The van der Waals surface area contributed by atoms with Crippen molar-refractivity contribution in [1.82, 2.24) is 14.8 Å². The summed E-state index contributed by atoms with van der Waals surface area (Å²) >= 11 is 0. The average molecular weight is 220 g/mol. The molecule has 2 aromatic heterocycles. The summed E-state index contributed by atoms with van der Waals surface area (Å²) in [6, 6.07) is 0. The summed E-state index contributed by atoms with van der Waals surface area (Å²) in [6.07, 6.45) is 3.59. The van der Waals surface area contributed by atoms with Crippen molar-refractivity contribution >= 4 is 11.0 Å². The molecular weight excluding hydrogens is 204 g/mol. The van der Waals surface area contributed by atoms with E-state index in [2.05, 4.69) is 17.0 Å². The number of methoxy groups -OCH3 is 1. The molecule has 0 radical (unpaired) electrons. The van der Waals surface area contributed by atoms with Gasteiger partial charge >= 0.3 is 0 Å². The second-order valence-electron chi connectivity index (χ2n) is 3.89. The first-order valence-electron chi connectivity index (χ1n) is 5.23. The Labute approximate surface area is 94.2 Å². The number of aromatic nitrogens is 3. The SMILES string of the molecule is COc1c(C(C)CN)cnc2c1cnn2C. The normalized spacial score (nSPS) is 13.0. The smallest absolute Gasteiger partial charge is 0.161 e. The third kappa shape index (κ3) is 1.53. The molecule has 0 aromatic carbocycles. The highest BCUT2D eigenvalue weighted by atomic mass is 16.5. The van der Waals surface area contributed by atoms with E-state index in [-0.39, 0.29) is 5.92 Å². The first-order valence-corrected chi connectivity index (χ1v) is 5.23. The van der Waals surface area contributed by atoms with Crippen LogP contribution in [0.1, 0.15) is 18.4 Å². The molecule has 0 amide bonds. The summed E-state index contributed by atoms with van der Waals surface area (Å²) in [6.45, 7) is 2.63. The maximum Gasteiger partial charge on any atom is 0.161 e. The van der Waals surface area contributed by atoms with E-state index in [0.29, 0.717) is 6.54 Å². The van der Waals surface area contributed by atoms with Crippen LogP contribution in [0, 0.1) is 0 Å². The molecular formula is C11H16N4O. The van der Waals surface area contributed by atoms with Crippen LogP contribution in [-0.4, -0.2) is 28.4 Å². The molecule has 5 heteroatoms. The lowest BCUT2D eigenvalue weighted by molar-refractivity contribution is 0.411. The number of pyridine rings is 1. The maximum atomic E-state index is 5.67. The third-order valence-electron chi connectivity index (χ3n) is 2.83. The first-order chi connectivity index (χ1) is 7.69. The van der Waals surface area contributed by atoms with Gasteiger partial charge in [-0.15, -0.1) is 0 Å². The van der Waals surface area contributed by atoms with Crippen molar-refractivity contribution in [3.05, 3.63) is 18.0 Å². The summed E-state index contributed by atoms with van der Waals surface area (Å²) in [5, 5.41) is 5.11. The van der Waals surface area contributed by atoms with Gasteiger partial charge in [-0.25, -0.2) is 4.98 Å². The van der Waals surface area contributed by atoms with E-state index in [1.165, 1.54) is 0 Å². The minimum atomic E-state index is 0.229. The summed E-state index contributed by atoms with van der Waals surface area (Å²) in [4.78, 5) is 4.38. The van der Waals surface area contributed by atoms with Crippen molar-refractivity contribution in [2.75, 3.05) is 13.7 Å². The van der Waals surface area contributed by atoms with E-state index in [1.807, 2.05) is 13.2 Å². The number of hydrogen-bond donors (Lipinski definition) is 1. The van der Waals surface area contributed by atoms with E-state index < -0.39 is 0 Å². The van der Waals surface area contributed by atoms with Gasteiger partial charge in [-0.3, -0.25) is 4.68 Å². The van der Waals surface area contributed by atoms with Gasteiger partial charge in [0.1, 0.15) is 5.75 Å². The van der Waals surface area contributed by atoms with Crippen LogP contribution >= 0.6 is 0 Å². The fraction of sp³-hybridized carbons (Fsp3) is 0.455. The average Bonchev–Trinajstić information content (AvgIpc) is 2.69. The van der Waals surface area contributed by atoms with Crippen molar-refractivity contribution in [2.24, 2.45) is 12.8 Å². The Morgan fingerprint density at radius 1 is 1.50 bits per heavy atom. The van der Waals surface area contributed by atoms with Gasteiger partial charge in [0.2, 0.25) is 0 Å². The van der Waals surface area contributed by atoms with E-state index in [1.54, 1.807) is 18.0 Å². The van der Waals surface area contributed by atoms with Gasteiger partial charge in [-0.2, -0.15) is 5.10 Å². The molecule has 2 heterocycles. The Kier molecular flexibility index (Phi) is 2.78. The highest BCUT2D eigenvalue weighted by Crippen LogP contribution is 2.32. The van der Waals surface area contributed by atoms with Crippen LogP contribution in [-0.2, 0) is 7.05 Å². The van der Waals surface area contributed by atoms with Crippen LogP contribution in [0.4, 0.5) is 0 Å². The molecule has 0 bridgehead atoms. The fourth-order valence-corrected chi connectivity index (χ4v) is 1.79. The van der Waals surface area contributed by atoms with Gasteiger partial charge in [0.25, 0.3) is 0 Å². The second-order valence-corrected chi connectivity index (χ2v) is 3.89. The molecule has 86 valence electrons. The first kappa shape index (κ1) is 10.9. The Hall–Kier alpha value is -1.62. The lowest BCUT2D eigenvalue weighted by Crippen LogP contribution is -2.10. The molecule has 0 aliphatic carbocycles. The van der Waals surface area contributed by atoms with Crippen LogP contribution in [0.25, 0.3) is 11.0 Å². The molecule has 0 fully saturated rings. The molecule has 0 spiro atoms. The number of nitrogens with zero attached hydrogens (tertiary/aromatic N) is 3. The maximum absolute atomic E-state index is 5.67. The Balaban J connectivity index is 2.68. The summed E-state index contributed by atoms with van der Waals surface area (Å²) in [5.74, 6) is 1.06. The van der Waals surface area contributed by atoms with Crippen LogP contribution in [0.2, 0.25) is 0 Å². The third-order valence-corrected chi connectivity index (χ3v) is 2.83. The van der Waals surface area contributed by atoms with Gasteiger partial charge in [0, 0.05) is 18.8 Å². The highest BCUT2D eigenvalue weighted by Gasteiger charge is 2.16. The van der Waals surface area contributed by atoms with E-state index in [0.717, 1.165) is 22.3 Å². The summed E-state index contributed by atoms with van der Waals surface area (Å²) in [5.41, 5.74) is 7.53. The minimum absolute atomic E-state index is 0.229. The quantitative estimate of drug-likeness (QED) is 0.839. The molecule has 2 rings (SSSR count). The minimum Gasteiger partial charge on any atom is -0.496 e. The van der Waals surface area contributed by atoms with Crippen molar-refractivity contribution < 1.29 is 4.74 Å². The number of nitrogens with two attached hydrogens (primary N) is 1. The summed E-state index contributed by atoms with van der Waals surface area (Å²) in [7, 11) is 3.52. The van der Waals surface area contributed by atoms with Gasteiger partial charge < -0.3 is 10.5 Å². The molecule has 16 heavy (non-hydrogen) atoms. The molecule has 2 aromatic rings. The van der Waals surface area contributed by atoms with Gasteiger partial charge in [0.15, 0.2) is 5.65 Å². The van der Waals surface area contributed by atoms with Crippen LogP contribution in [0.5, 0.6) is 5.75 Å². The van der Waals surface area contributed by atoms with Gasteiger partial charge in [-0.05, 0) is 12.5 Å². The van der Waals surface area contributed by atoms with Gasteiger partial charge in [0.05, 0.1) is 18.7 Å². The lowest BCUT2D eigenvalue weighted by Gasteiger charge is -2.13. The zero-order valence-electron chi connectivity index (χ0n) is 9.77. The molecule has 0 aliphatic rings. The van der Waals surface area contributed by atoms with Crippen LogP contribution in [0.3, 0.4) is 0 Å². The Bertz CT molecular complexity index is 506. The molecule has 1 unspecified atom stereocenters. The number of fused-ring (bicyclic) bond motifs is 1. The van der Waals surface area contributed by atoms with Crippen LogP contribution in [0.15, 0.2) is 12.4 Å².